The predicted octanol–water partition coefficient (Wildman–Crippen LogP) is 3.78. The number of aryl methyl sites for hydroxylation is 1. The lowest BCUT2D eigenvalue weighted by molar-refractivity contribution is -0.116. The monoisotopic (exact) mass is 480 g/mol. The molecule has 0 bridgehead atoms. The Morgan fingerprint density at radius 2 is 1.79 bits per heavy atom. The summed E-state index contributed by atoms with van der Waals surface area (Å²) in [4.78, 5) is 29.9. The minimum absolute atomic E-state index is 0.0570. The summed E-state index contributed by atoms with van der Waals surface area (Å²) in [6, 6.07) is 17.3. The second-order valence-corrected chi connectivity index (χ2v) is 8.84. The summed E-state index contributed by atoms with van der Waals surface area (Å²) in [5.41, 5.74) is 3.38. The number of ether oxygens (including phenoxy) is 1. The van der Waals surface area contributed by atoms with Crippen molar-refractivity contribution in [2.24, 2.45) is 0 Å². The first-order valence-electron chi connectivity index (χ1n) is 11.3. The molecule has 0 radical (unpaired) electrons. The van der Waals surface area contributed by atoms with Crippen LogP contribution in [0, 0.1) is 6.92 Å². The number of para-hydroxylation sites is 1. The summed E-state index contributed by atoms with van der Waals surface area (Å²) in [6.07, 6.45) is 1.61. The van der Waals surface area contributed by atoms with E-state index in [-0.39, 0.29) is 23.6 Å². The number of halogens is 1. The topological polar surface area (TPSA) is 66.8 Å². The molecular weight excluding hydrogens is 452 g/mol. The van der Waals surface area contributed by atoms with E-state index in [4.69, 9.17) is 16.3 Å². The number of aromatic nitrogens is 1. The van der Waals surface area contributed by atoms with Crippen LogP contribution in [0.1, 0.15) is 11.3 Å². The van der Waals surface area contributed by atoms with Gasteiger partial charge < -0.3 is 19.5 Å². The molecule has 2 heterocycles. The van der Waals surface area contributed by atoms with Crippen LogP contribution in [0.2, 0.25) is 5.02 Å². The fraction of sp³-hybridized carbons (Fsp3) is 0.308. The summed E-state index contributed by atoms with van der Waals surface area (Å²) < 4.78 is 7.01. The van der Waals surface area contributed by atoms with Gasteiger partial charge >= 0.3 is 0 Å². The van der Waals surface area contributed by atoms with Gasteiger partial charge in [-0.2, -0.15) is 0 Å². The minimum atomic E-state index is -0.208. The average molecular weight is 481 g/mol. The summed E-state index contributed by atoms with van der Waals surface area (Å²) in [5, 5.41) is 3.48. The molecular formula is C26H29ClN4O3. The molecule has 1 aromatic heterocycles. The summed E-state index contributed by atoms with van der Waals surface area (Å²) in [7, 11) is 1.46. The fourth-order valence-corrected chi connectivity index (χ4v) is 4.27. The van der Waals surface area contributed by atoms with Gasteiger partial charge in [0.05, 0.1) is 13.3 Å². The van der Waals surface area contributed by atoms with Crippen LogP contribution < -0.4 is 20.4 Å². The molecule has 7 nitrogen and oxygen atoms in total. The number of nitrogens with zero attached hydrogens (tertiary/aromatic N) is 3. The fourth-order valence-electron chi connectivity index (χ4n) is 4.09. The Kier molecular flexibility index (Phi) is 7.55. The summed E-state index contributed by atoms with van der Waals surface area (Å²) in [5.74, 6) is 0.00426. The lowest BCUT2D eigenvalue weighted by atomic mass is 10.2. The van der Waals surface area contributed by atoms with Crippen molar-refractivity contribution in [1.29, 1.82) is 0 Å². The second-order valence-electron chi connectivity index (χ2n) is 8.44. The molecule has 0 unspecified atom stereocenters. The van der Waals surface area contributed by atoms with Crippen LogP contribution in [0.3, 0.4) is 0 Å². The maximum atomic E-state index is 12.8. The van der Waals surface area contributed by atoms with Crippen molar-refractivity contribution in [3.63, 3.8) is 0 Å². The highest BCUT2D eigenvalue weighted by Gasteiger charge is 2.19. The van der Waals surface area contributed by atoms with Crippen LogP contribution in [0.4, 0.5) is 11.4 Å². The number of carbonyl (C=O) groups excluding carboxylic acids is 1. The number of hydrogen-bond acceptors (Lipinski definition) is 5. The van der Waals surface area contributed by atoms with Crippen LogP contribution in [0.25, 0.3) is 0 Å². The highest BCUT2D eigenvalue weighted by molar-refractivity contribution is 6.31. The molecule has 1 aliphatic heterocycles. The zero-order chi connectivity index (χ0) is 24.1. The van der Waals surface area contributed by atoms with Crippen LogP contribution in [-0.2, 0) is 17.9 Å². The van der Waals surface area contributed by atoms with Gasteiger partial charge in [0, 0.05) is 60.9 Å². The van der Waals surface area contributed by atoms with E-state index in [1.54, 1.807) is 22.9 Å². The maximum Gasteiger partial charge on any atom is 0.244 e. The van der Waals surface area contributed by atoms with Gasteiger partial charge in [-0.25, -0.2) is 0 Å². The van der Waals surface area contributed by atoms with Gasteiger partial charge in [0.15, 0.2) is 5.75 Å². The molecule has 1 fully saturated rings. The Bertz CT molecular complexity index is 1200. The zero-order valence-corrected chi connectivity index (χ0v) is 20.2. The van der Waals surface area contributed by atoms with Gasteiger partial charge in [-0.05, 0) is 36.8 Å². The predicted molar refractivity (Wildman–Crippen MR) is 136 cm³/mol. The third kappa shape index (κ3) is 5.79. The number of carbonyl (C=O) groups is 1. The van der Waals surface area contributed by atoms with Crippen molar-refractivity contribution in [1.82, 2.24) is 9.47 Å². The standard InChI is InChI=1S/C26H29ClN4O3/c1-19-8-9-20(14-23(19)27)28-26(33)18-31-17-25(34-2)24(32)15-22(31)16-29-10-12-30(13-11-29)21-6-4-3-5-7-21/h3-9,14-15,17H,10-13,16,18H2,1-2H3,(H,28,33). The molecule has 0 atom stereocenters. The van der Waals surface area contributed by atoms with Crippen LogP contribution in [-0.4, -0.2) is 48.7 Å². The van der Waals surface area contributed by atoms with Crippen molar-refractivity contribution in [2.45, 2.75) is 20.0 Å². The number of methoxy groups -OCH3 is 1. The Labute approximate surface area is 204 Å². The van der Waals surface area contributed by atoms with Gasteiger partial charge in [-0.3, -0.25) is 14.5 Å². The zero-order valence-electron chi connectivity index (χ0n) is 19.5. The van der Waals surface area contributed by atoms with Crippen molar-refractivity contribution < 1.29 is 9.53 Å². The van der Waals surface area contributed by atoms with Gasteiger partial charge in [-0.1, -0.05) is 35.9 Å². The van der Waals surface area contributed by atoms with Crippen molar-refractivity contribution in [2.75, 3.05) is 43.5 Å². The Morgan fingerprint density at radius 3 is 2.47 bits per heavy atom. The van der Waals surface area contributed by atoms with E-state index >= 15 is 0 Å². The van der Waals surface area contributed by atoms with Crippen LogP contribution in [0.5, 0.6) is 5.75 Å². The van der Waals surface area contributed by atoms with Crippen molar-refractivity contribution in [3.8, 4) is 5.75 Å². The SMILES string of the molecule is COc1cn(CC(=O)Nc2ccc(C)c(Cl)c2)c(CN2CCN(c3ccccc3)CC2)cc1=O. The first-order chi connectivity index (χ1) is 16.4. The molecule has 8 heteroatoms. The van der Waals surface area contributed by atoms with Gasteiger partial charge in [0.2, 0.25) is 11.3 Å². The van der Waals surface area contributed by atoms with Crippen LogP contribution in [0.15, 0.2) is 65.6 Å². The van der Waals surface area contributed by atoms with E-state index in [1.165, 1.54) is 12.8 Å². The Balaban J connectivity index is 1.46. The number of amides is 1. The van der Waals surface area contributed by atoms with Gasteiger partial charge in [0.25, 0.3) is 0 Å². The van der Waals surface area contributed by atoms with E-state index in [2.05, 4.69) is 27.2 Å². The highest BCUT2D eigenvalue weighted by atomic mass is 35.5. The summed E-state index contributed by atoms with van der Waals surface area (Å²) >= 11 is 6.18. The van der Waals surface area contributed by atoms with E-state index in [9.17, 15) is 9.59 Å². The minimum Gasteiger partial charge on any atom is -0.491 e. The number of rotatable bonds is 7. The van der Waals surface area contributed by atoms with E-state index in [0.29, 0.717) is 17.3 Å². The highest BCUT2D eigenvalue weighted by Crippen LogP contribution is 2.20. The molecule has 0 spiro atoms. The maximum absolute atomic E-state index is 12.8. The quantitative estimate of drug-likeness (QED) is 0.557. The average Bonchev–Trinajstić information content (AvgIpc) is 2.84. The second kappa shape index (κ2) is 10.8. The normalized spacial score (nSPS) is 14.1. The molecule has 4 rings (SSSR count). The van der Waals surface area contributed by atoms with Crippen molar-refractivity contribution >= 4 is 28.9 Å². The van der Waals surface area contributed by atoms with Crippen LogP contribution >= 0.6 is 11.6 Å². The van der Waals surface area contributed by atoms with Gasteiger partial charge in [0.1, 0.15) is 6.54 Å². The first kappa shape index (κ1) is 23.9. The number of nitrogens with one attached hydrogen (secondary N) is 1. The molecule has 3 aromatic rings. The first-order valence-corrected chi connectivity index (χ1v) is 11.7. The molecule has 1 amide bonds. The van der Waals surface area contributed by atoms with Gasteiger partial charge in [-0.15, -0.1) is 0 Å². The largest absolute Gasteiger partial charge is 0.491 e. The number of anilines is 2. The summed E-state index contributed by atoms with van der Waals surface area (Å²) in [6.45, 7) is 6.07. The molecule has 178 valence electrons. The van der Waals surface area contributed by atoms with E-state index in [1.807, 2.05) is 37.3 Å². The van der Waals surface area contributed by atoms with E-state index < -0.39 is 0 Å². The third-order valence-electron chi connectivity index (χ3n) is 6.05. The van der Waals surface area contributed by atoms with E-state index in [0.717, 1.165) is 37.4 Å². The molecule has 1 N–H and O–H groups in total. The molecule has 0 aliphatic carbocycles. The lowest BCUT2D eigenvalue weighted by Crippen LogP contribution is -2.46. The number of piperazine rings is 1. The third-order valence-corrected chi connectivity index (χ3v) is 6.46. The van der Waals surface area contributed by atoms with Crippen molar-refractivity contribution in [3.05, 3.63) is 87.3 Å². The Hall–Kier alpha value is -3.29. The number of pyridine rings is 1. The smallest absolute Gasteiger partial charge is 0.244 e. The molecule has 1 aliphatic rings. The molecule has 34 heavy (non-hydrogen) atoms. The molecule has 1 saturated heterocycles. The number of benzene rings is 2. The number of hydrogen-bond donors (Lipinski definition) is 1. The molecule has 0 saturated carbocycles. The Morgan fingerprint density at radius 1 is 1.06 bits per heavy atom. The lowest BCUT2D eigenvalue weighted by Gasteiger charge is -2.36. The molecule has 2 aromatic carbocycles.